The Hall–Kier alpha value is -1.75. The Labute approximate surface area is 116 Å². The highest BCUT2D eigenvalue weighted by molar-refractivity contribution is 7.98. The van der Waals surface area contributed by atoms with Crippen molar-refractivity contribution in [2.75, 3.05) is 11.9 Å². The second kappa shape index (κ2) is 5.09. The third-order valence-electron chi connectivity index (χ3n) is 3.05. The molecule has 0 atom stereocenters. The molecule has 0 radical (unpaired) electrons. The number of benzene rings is 1. The van der Waals surface area contributed by atoms with E-state index in [0.717, 1.165) is 41.0 Å². The lowest BCUT2D eigenvalue weighted by Crippen LogP contribution is -2.06. The first-order valence-corrected chi connectivity index (χ1v) is 7.44. The van der Waals surface area contributed by atoms with Crippen LogP contribution in [-0.2, 0) is 11.5 Å². The minimum absolute atomic E-state index is 0.257. The molecule has 19 heavy (non-hydrogen) atoms. The smallest absolute Gasteiger partial charge is 0.161 e. The van der Waals surface area contributed by atoms with E-state index in [4.69, 9.17) is 0 Å². The van der Waals surface area contributed by atoms with Crippen molar-refractivity contribution in [1.29, 1.82) is 0 Å². The minimum Gasteiger partial charge on any atom is -0.508 e. The number of thioether (sulfide) groups is 1. The molecule has 5 heteroatoms. The second-order valence-corrected chi connectivity index (χ2v) is 5.38. The van der Waals surface area contributed by atoms with Crippen molar-refractivity contribution in [3.05, 3.63) is 35.5 Å². The van der Waals surface area contributed by atoms with Crippen molar-refractivity contribution in [3.8, 4) is 17.1 Å². The van der Waals surface area contributed by atoms with Gasteiger partial charge >= 0.3 is 0 Å². The Kier molecular flexibility index (Phi) is 3.29. The zero-order valence-corrected chi connectivity index (χ0v) is 11.5. The van der Waals surface area contributed by atoms with Crippen molar-refractivity contribution in [1.82, 2.24) is 9.97 Å². The quantitative estimate of drug-likeness (QED) is 0.900. The van der Waals surface area contributed by atoms with E-state index in [-0.39, 0.29) is 5.75 Å². The molecule has 0 fully saturated rings. The maximum absolute atomic E-state index is 9.34. The van der Waals surface area contributed by atoms with Crippen molar-refractivity contribution < 1.29 is 5.11 Å². The van der Waals surface area contributed by atoms with Crippen LogP contribution in [-0.4, -0.2) is 21.6 Å². The number of hydrogen-bond acceptors (Lipinski definition) is 5. The SMILES string of the molecule is CCNc1nc(-c2ccc(O)cc2)nc2c1CSC2. The third kappa shape index (κ3) is 2.38. The molecule has 0 amide bonds. The van der Waals surface area contributed by atoms with Gasteiger partial charge in [0.1, 0.15) is 11.6 Å². The standard InChI is InChI=1S/C14H15N3OS/c1-2-15-14-11-7-19-8-12(11)16-13(17-14)9-3-5-10(18)6-4-9/h3-6,18H,2,7-8H2,1H3,(H,15,16,17). The van der Waals surface area contributed by atoms with E-state index in [2.05, 4.69) is 22.2 Å². The van der Waals surface area contributed by atoms with Crippen molar-refractivity contribution in [2.24, 2.45) is 0 Å². The first-order valence-electron chi connectivity index (χ1n) is 6.28. The molecule has 0 unspecified atom stereocenters. The molecule has 0 saturated carbocycles. The summed E-state index contributed by atoms with van der Waals surface area (Å²) in [6.45, 7) is 2.92. The predicted octanol–water partition coefficient (Wildman–Crippen LogP) is 3.03. The van der Waals surface area contributed by atoms with Gasteiger partial charge in [0.05, 0.1) is 5.69 Å². The molecule has 1 aromatic heterocycles. The van der Waals surface area contributed by atoms with Gasteiger partial charge in [-0.3, -0.25) is 0 Å². The molecule has 2 N–H and O–H groups in total. The molecule has 0 bridgehead atoms. The average molecular weight is 273 g/mol. The van der Waals surface area contributed by atoms with Crippen LogP contribution in [0.1, 0.15) is 18.2 Å². The molecular weight excluding hydrogens is 258 g/mol. The van der Waals surface area contributed by atoms with Crippen molar-refractivity contribution in [3.63, 3.8) is 0 Å². The summed E-state index contributed by atoms with van der Waals surface area (Å²) in [5.41, 5.74) is 3.28. The monoisotopic (exact) mass is 273 g/mol. The number of phenolic OH excluding ortho intramolecular Hbond substituents is 1. The van der Waals surface area contributed by atoms with Crippen molar-refractivity contribution in [2.45, 2.75) is 18.4 Å². The maximum Gasteiger partial charge on any atom is 0.161 e. The summed E-state index contributed by atoms with van der Waals surface area (Å²) >= 11 is 1.87. The summed E-state index contributed by atoms with van der Waals surface area (Å²) in [5, 5.41) is 12.7. The molecule has 2 heterocycles. The zero-order chi connectivity index (χ0) is 13.2. The van der Waals surface area contributed by atoms with Crippen LogP contribution in [0.3, 0.4) is 0 Å². The van der Waals surface area contributed by atoms with E-state index in [1.165, 1.54) is 5.56 Å². The first-order chi connectivity index (χ1) is 9.28. The van der Waals surface area contributed by atoms with Crippen LogP contribution in [0.15, 0.2) is 24.3 Å². The Morgan fingerprint density at radius 3 is 2.74 bits per heavy atom. The van der Waals surface area contributed by atoms with Crippen LogP contribution in [0.2, 0.25) is 0 Å². The molecule has 0 saturated heterocycles. The summed E-state index contributed by atoms with van der Waals surface area (Å²) in [6.07, 6.45) is 0. The van der Waals surface area contributed by atoms with Gasteiger partial charge in [-0.25, -0.2) is 9.97 Å². The van der Waals surface area contributed by atoms with Gasteiger partial charge in [0.2, 0.25) is 0 Å². The molecule has 2 aromatic rings. The number of aromatic nitrogens is 2. The lowest BCUT2D eigenvalue weighted by atomic mass is 10.2. The lowest BCUT2D eigenvalue weighted by Gasteiger charge is -2.10. The van der Waals surface area contributed by atoms with E-state index in [1.807, 2.05) is 23.9 Å². The van der Waals surface area contributed by atoms with Crippen LogP contribution >= 0.6 is 11.8 Å². The second-order valence-electron chi connectivity index (χ2n) is 4.39. The van der Waals surface area contributed by atoms with E-state index in [9.17, 15) is 5.11 Å². The van der Waals surface area contributed by atoms with Crippen LogP contribution in [0.4, 0.5) is 5.82 Å². The third-order valence-corrected chi connectivity index (χ3v) is 4.02. The molecule has 1 aliphatic rings. The van der Waals surface area contributed by atoms with Crippen molar-refractivity contribution >= 4 is 17.6 Å². The highest BCUT2D eigenvalue weighted by Crippen LogP contribution is 2.34. The van der Waals surface area contributed by atoms with E-state index in [1.54, 1.807) is 12.1 Å². The fourth-order valence-corrected chi connectivity index (χ4v) is 3.15. The summed E-state index contributed by atoms with van der Waals surface area (Å²) in [4.78, 5) is 9.26. The largest absolute Gasteiger partial charge is 0.508 e. The minimum atomic E-state index is 0.257. The molecule has 0 aliphatic carbocycles. The van der Waals surface area contributed by atoms with Gasteiger partial charge in [-0.1, -0.05) is 0 Å². The molecular formula is C14H15N3OS. The van der Waals surface area contributed by atoms with Crippen LogP contribution in [0, 0.1) is 0 Å². The average Bonchev–Trinajstić information content (AvgIpc) is 2.88. The van der Waals surface area contributed by atoms with Crippen LogP contribution < -0.4 is 5.32 Å². The van der Waals surface area contributed by atoms with E-state index in [0.29, 0.717) is 0 Å². The van der Waals surface area contributed by atoms with Gasteiger partial charge in [-0.05, 0) is 31.2 Å². The zero-order valence-electron chi connectivity index (χ0n) is 10.7. The van der Waals surface area contributed by atoms with Crippen LogP contribution in [0.25, 0.3) is 11.4 Å². The predicted molar refractivity (Wildman–Crippen MR) is 78.3 cm³/mol. The summed E-state index contributed by atoms with van der Waals surface area (Å²) in [6, 6.07) is 7.00. The normalized spacial score (nSPS) is 13.3. The molecule has 1 aromatic carbocycles. The lowest BCUT2D eigenvalue weighted by molar-refractivity contribution is 0.475. The van der Waals surface area contributed by atoms with Gasteiger partial charge in [0.15, 0.2) is 5.82 Å². The number of nitrogens with one attached hydrogen (secondary N) is 1. The summed E-state index contributed by atoms with van der Waals surface area (Å²) in [5.74, 6) is 3.85. The van der Waals surface area contributed by atoms with Gasteiger partial charge < -0.3 is 10.4 Å². The first kappa shape index (κ1) is 12.3. The molecule has 0 spiro atoms. The number of hydrogen-bond donors (Lipinski definition) is 2. The fourth-order valence-electron chi connectivity index (χ4n) is 2.10. The molecule has 1 aliphatic heterocycles. The Morgan fingerprint density at radius 1 is 1.21 bits per heavy atom. The maximum atomic E-state index is 9.34. The van der Waals surface area contributed by atoms with Gasteiger partial charge in [-0.15, -0.1) is 0 Å². The highest BCUT2D eigenvalue weighted by Gasteiger charge is 2.19. The Morgan fingerprint density at radius 2 is 2.00 bits per heavy atom. The number of phenols is 1. The van der Waals surface area contributed by atoms with Gasteiger partial charge in [0, 0.05) is 29.2 Å². The number of rotatable bonds is 3. The van der Waals surface area contributed by atoms with E-state index < -0.39 is 0 Å². The molecule has 4 nitrogen and oxygen atoms in total. The topological polar surface area (TPSA) is 58.0 Å². The summed E-state index contributed by atoms with van der Waals surface area (Å²) < 4.78 is 0. The summed E-state index contributed by atoms with van der Waals surface area (Å²) in [7, 11) is 0. The fraction of sp³-hybridized carbons (Fsp3) is 0.286. The number of aromatic hydroxyl groups is 1. The van der Waals surface area contributed by atoms with Crippen LogP contribution in [0.5, 0.6) is 5.75 Å². The Balaban J connectivity index is 2.07. The number of fused-ring (bicyclic) bond motifs is 1. The van der Waals surface area contributed by atoms with Gasteiger partial charge in [0.25, 0.3) is 0 Å². The highest BCUT2D eigenvalue weighted by atomic mass is 32.2. The Bertz CT molecular complexity index is 598. The molecule has 98 valence electrons. The number of anilines is 1. The molecule has 3 rings (SSSR count). The van der Waals surface area contributed by atoms with E-state index >= 15 is 0 Å². The number of nitrogens with zero attached hydrogens (tertiary/aromatic N) is 2. The van der Waals surface area contributed by atoms with Gasteiger partial charge in [-0.2, -0.15) is 11.8 Å².